The zero-order valence-electron chi connectivity index (χ0n) is 50.2. The van der Waals surface area contributed by atoms with Crippen LogP contribution in [-0.2, 0) is 23.4 Å². The van der Waals surface area contributed by atoms with Crippen molar-refractivity contribution in [2.24, 2.45) is 0 Å². The van der Waals surface area contributed by atoms with E-state index in [1.54, 1.807) is 0 Å². The van der Waals surface area contributed by atoms with Gasteiger partial charge in [-0.1, -0.05) is 274 Å². The van der Waals surface area contributed by atoms with Crippen LogP contribution in [0.2, 0.25) is 5.04 Å². The molecule has 75 heavy (non-hydrogen) atoms. The Morgan fingerprint density at radius 1 is 0.480 bits per heavy atom. The third-order valence-electron chi connectivity index (χ3n) is 15.2. The fraction of sp³-hybridized carbons (Fsp3) is 0.750. The summed E-state index contributed by atoms with van der Waals surface area (Å²) in [6.45, 7) is 19.6. The second-order valence-electron chi connectivity index (χ2n) is 23.0. The third-order valence-corrected chi connectivity index (χ3v) is 20.2. The van der Waals surface area contributed by atoms with Crippen molar-refractivity contribution in [2.45, 2.75) is 284 Å². The van der Waals surface area contributed by atoms with Gasteiger partial charge in [0.05, 0.1) is 25.9 Å². The molecule has 0 N–H and O–H groups in total. The van der Waals surface area contributed by atoms with E-state index in [-0.39, 0.29) is 17.0 Å². The summed E-state index contributed by atoms with van der Waals surface area (Å²) in [4.78, 5) is 16.5. The normalized spacial score (nSPS) is 13.1. The molecule has 0 aromatic heterocycles. The SMILES string of the molecule is CCCCCCCC/C=C\CCCCCCCCOCC(CN(CCCCCCCC)C(=O)C(C)OCCO[Si](c1ccccc1)(c1ccccc1)C(C)(C)C)OCCCCCCCC/C=C\CCCCCCCC. The van der Waals surface area contributed by atoms with E-state index in [9.17, 15) is 4.79 Å². The number of nitrogens with zero attached hydrogens (tertiary/aromatic N) is 1. The summed E-state index contributed by atoms with van der Waals surface area (Å²) in [7, 11) is -2.71. The molecule has 0 bridgehead atoms. The molecule has 1 amide bonds. The molecular weight excluding hydrogens is 939 g/mol. The minimum atomic E-state index is -2.71. The van der Waals surface area contributed by atoms with Crippen LogP contribution in [0, 0.1) is 0 Å². The second-order valence-corrected chi connectivity index (χ2v) is 27.3. The van der Waals surface area contributed by atoms with Gasteiger partial charge in [0.15, 0.2) is 0 Å². The second kappa shape index (κ2) is 47.4. The number of hydrogen-bond acceptors (Lipinski definition) is 5. The van der Waals surface area contributed by atoms with E-state index in [4.69, 9.17) is 18.6 Å². The van der Waals surface area contributed by atoms with Gasteiger partial charge in [0.1, 0.15) is 6.10 Å². The molecule has 2 aromatic rings. The molecule has 0 aliphatic rings. The maximum atomic E-state index is 14.5. The first-order valence-electron chi connectivity index (χ1n) is 31.9. The Labute approximate surface area is 465 Å². The molecule has 0 aliphatic carbocycles. The summed E-state index contributed by atoms with van der Waals surface area (Å²) in [5.41, 5.74) is 0. The molecular formula is C68H119NO5Si. The summed E-state index contributed by atoms with van der Waals surface area (Å²) < 4.78 is 26.6. The highest BCUT2D eigenvalue weighted by Crippen LogP contribution is 2.36. The van der Waals surface area contributed by atoms with Gasteiger partial charge in [-0.05, 0) is 93.0 Å². The predicted molar refractivity (Wildman–Crippen MR) is 328 cm³/mol. The van der Waals surface area contributed by atoms with Crippen LogP contribution in [0.3, 0.4) is 0 Å². The number of allylic oxidation sites excluding steroid dienone is 4. The Balaban J connectivity index is 1.97. The Morgan fingerprint density at radius 3 is 1.29 bits per heavy atom. The van der Waals surface area contributed by atoms with Gasteiger partial charge >= 0.3 is 0 Å². The average Bonchev–Trinajstić information content (AvgIpc) is 3.41. The van der Waals surface area contributed by atoms with Crippen LogP contribution in [0.4, 0.5) is 0 Å². The molecule has 0 heterocycles. The Hall–Kier alpha value is -2.55. The Bertz CT molecular complexity index is 1570. The number of carbonyl (C=O) groups is 1. The van der Waals surface area contributed by atoms with Crippen molar-refractivity contribution in [1.82, 2.24) is 4.90 Å². The smallest absolute Gasteiger partial charge is 0.261 e. The highest BCUT2D eigenvalue weighted by molar-refractivity contribution is 6.99. The number of hydrogen-bond donors (Lipinski definition) is 0. The van der Waals surface area contributed by atoms with E-state index in [0.29, 0.717) is 39.5 Å². The first kappa shape index (κ1) is 68.6. The summed E-state index contributed by atoms with van der Waals surface area (Å²) in [6, 6.07) is 21.5. The minimum Gasteiger partial charge on any atom is -0.405 e. The largest absolute Gasteiger partial charge is 0.405 e. The van der Waals surface area contributed by atoms with E-state index in [1.165, 1.54) is 203 Å². The van der Waals surface area contributed by atoms with Crippen LogP contribution in [-0.4, -0.2) is 77.5 Å². The Morgan fingerprint density at radius 2 is 0.867 bits per heavy atom. The lowest BCUT2D eigenvalue weighted by atomic mass is 10.1. The van der Waals surface area contributed by atoms with E-state index in [0.717, 1.165) is 32.3 Å². The van der Waals surface area contributed by atoms with Gasteiger partial charge in [0.25, 0.3) is 14.2 Å². The standard InChI is InChI=1S/C68H119NO5Si/c1-8-11-14-17-20-22-24-26-28-30-32-34-36-38-41-50-57-71-62-64(73-58-51-42-39-37-35-33-31-29-27-25-23-21-18-15-12-9-2)61-69(56-49-40-19-16-13-10-3)67(70)63(4)72-59-60-74-75(68(5,6)7,65-52-45-43-46-53-65)66-54-47-44-48-55-66/h26-29,43-48,52-55,63-64H,8-25,30-42,49-51,56-62H2,1-7H3/b28-26-,29-27-. The molecule has 0 saturated heterocycles. The van der Waals surface area contributed by atoms with Crippen LogP contribution < -0.4 is 10.4 Å². The fourth-order valence-electron chi connectivity index (χ4n) is 10.5. The van der Waals surface area contributed by atoms with Gasteiger partial charge in [-0.25, -0.2) is 0 Å². The van der Waals surface area contributed by atoms with Gasteiger partial charge in [0.2, 0.25) is 0 Å². The molecule has 2 atom stereocenters. The monoisotopic (exact) mass is 1060 g/mol. The van der Waals surface area contributed by atoms with Crippen molar-refractivity contribution in [3.8, 4) is 0 Å². The maximum absolute atomic E-state index is 14.5. The summed E-state index contributed by atoms with van der Waals surface area (Å²) in [6.07, 6.45) is 52.2. The van der Waals surface area contributed by atoms with Crippen LogP contribution in [0.25, 0.3) is 0 Å². The molecule has 0 saturated carbocycles. The van der Waals surface area contributed by atoms with Crippen molar-refractivity contribution < 1.29 is 23.4 Å². The summed E-state index contributed by atoms with van der Waals surface area (Å²) in [5.74, 6) is 0.0353. The number of unbranched alkanes of at least 4 members (excludes halogenated alkanes) is 29. The molecule has 2 aromatic carbocycles. The number of rotatable bonds is 52. The van der Waals surface area contributed by atoms with Gasteiger partial charge in [-0.15, -0.1) is 0 Å². The molecule has 2 unspecified atom stereocenters. The molecule has 0 spiro atoms. The van der Waals surface area contributed by atoms with E-state index >= 15 is 0 Å². The number of amides is 1. The first-order valence-corrected chi connectivity index (χ1v) is 33.8. The highest BCUT2D eigenvalue weighted by Gasteiger charge is 2.50. The number of benzene rings is 2. The fourth-order valence-corrected chi connectivity index (χ4v) is 15.1. The first-order chi connectivity index (χ1) is 36.7. The minimum absolute atomic E-state index is 0.0353. The zero-order chi connectivity index (χ0) is 54.2. The maximum Gasteiger partial charge on any atom is 0.261 e. The summed E-state index contributed by atoms with van der Waals surface area (Å²) in [5, 5.41) is 2.36. The van der Waals surface area contributed by atoms with Crippen LogP contribution in [0.15, 0.2) is 85.0 Å². The molecule has 0 aliphatic heterocycles. The van der Waals surface area contributed by atoms with E-state index in [1.807, 2.05) is 11.8 Å². The van der Waals surface area contributed by atoms with Crippen LogP contribution in [0.1, 0.15) is 267 Å². The van der Waals surface area contributed by atoms with E-state index < -0.39 is 14.4 Å². The van der Waals surface area contributed by atoms with Crippen molar-refractivity contribution in [1.29, 1.82) is 0 Å². The topological polar surface area (TPSA) is 57.2 Å². The van der Waals surface area contributed by atoms with Gasteiger partial charge in [-0.2, -0.15) is 0 Å². The van der Waals surface area contributed by atoms with Crippen molar-refractivity contribution in [3.63, 3.8) is 0 Å². The zero-order valence-corrected chi connectivity index (χ0v) is 51.2. The molecule has 7 heteroatoms. The van der Waals surface area contributed by atoms with Crippen molar-refractivity contribution >= 4 is 24.6 Å². The lowest BCUT2D eigenvalue weighted by Crippen LogP contribution is -2.66. The molecule has 430 valence electrons. The Kier molecular flexibility index (Phi) is 43.4. The quantitative estimate of drug-likeness (QED) is 0.0375. The molecule has 2 rings (SSSR count). The molecule has 0 radical (unpaired) electrons. The van der Waals surface area contributed by atoms with Crippen LogP contribution in [0.5, 0.6) is 0 Å². The van der Waals surface area contributed by atoms with Crippen molar-refractivity contribution in [3.05, 3.63) is 85.0 Å². The lowest BCUT2D eigenvalue weighted by molar-refractivity contribution is -0.146. The van der Waals surface area contributed by atoms with Gasteiger partial charge in [0, 0.05) is 26.3 Å². The summed E-state index contributed by atoms with van der Waals surface area (Å²) >= 11 is 0. The highest BCUT2D eigenvalue weighted by atomic mass is 28.4. The third kappa shape index (κ3) is 33.5. The van der Waals surface area contributed by atoms with Gasteiger partial charge in [-0.3, -0.25) is 4.79 Å². The average molecular weight is 1060 g/mol. The number of carbonyl (C=O) groups excluding carboxylic acids is 1. The predicted octanol–water partition coefficient (Wildman–Crippen LogP) is 18.6. The van der Waals surface area contributed by atoms with Crippen molar-refractivity contribution in [2.75, 3.05) is 46.1 Å². The van der Waals surface area contributed by atoms with Gasteiger partial charge < -0.3 is 23.5 Å². The lowest BCUT2D eigenvalue weighted by Gasteiger charge is -2.43. The molecule has 0 fully saturated rings. The number of ether oxygens (including phenoxy) is 3. The molecule has 6 nitrogen and oxygen atoms in total. The van der Waals surface area contributed by atoms with Crippen LogP contribution >= 0.6 is 0 Å². The van der Waals surface area contributed by atoms with E-state index in [2.05, 4.69) is 127 Å².